The topological polar surface area (TPSA) is 55.4 Å². The quantitative estimate of drug-likeness (QED) is 0.886. The highest BCUT2D eigenvalue weighted by molar-refractivity contribution is 7.92. The lowest BCUT2D eigenvalue weighted by atomic mass is 10.0. The van der Waals surface area contributed by atoms with Gasteiger partial charge >= 0.3 is 6.61 Å². The lowest BCUT2D eigenvalue weighted by Crippen LogP contribution is -2.11. The van der Waals surface area contributed by atoms with Crippen LogP contribution in [-0.2, 0) is 16.4 Å². The predicted molar refractivity (Wildman–Crippen MR) is 80.8 cm³/mol. The van der Waals surface area contributed by atoms with Crippen LogP contribution in [0.5, 0.6) is 5.75 Å². The van der Waals surface area contributed by atoms with Gasteiger partial charge in [0, 0.05) is 0 Å². The maximum absolute atomic E-state index is 12.1. The average molecular weight is 327 g/mol. The molecular weight excluding hydrogens is 312 g/mol. The van der Waals surface area contributed by atoms with Gasteiger partial charge in [0.1, 0.15) is 5.75 Å². The normalized spacial score (nSPS) is 11.5. The molecule has 4 nitrogen and oxygen atoms in total. The van der Waals surface area contributed by atoms with Crippen LogP contribution in [0.4, 0.5) is 14.5 Å². The Morgan fingerprint density at radius 2 is 1.73 bits per heavy atom. The summed E-state index contributed by atoms with van der Waals surface area (Å²) in [5, 5.41) is 0. The first kappa shape index (κ1) is 16.2. The fourth-order valence-corrected chi connectivity index (χ4v) is 2.58. The lowest BCUT2D eigenvalue weighted by molar-refractivity contribution is -0.0498. The van der Waals surface area contributed by atoms with Crippen LogP contribution in [0.2, 0.25) is 0 Å². The number of rotatable bonds is 6. The van der Waals surface area contributed by atoms with Gasteiger partial charge in [0.25, 0.3) is 0 Å². The lowest BCUT2D eigenvalue weighted by Gasteiger charge is -2.11. The molecule has 22 heavy (non-hydrogen) atoms. The van der Waals surface area contributed by atoms with Crippen LogP contribution in [0.1, 0.15) is 11.1 Å². The Hall–Kier alpha value is -2.15. The smallest absolute Gasteiger partial charge is 0.387 e. The Bertz CT molecular complexity index is 731. The average Bonchev–Trinajstić information content (AvgIpc) is 2.41. The maximum Gasteiger partial charge on any atom is 0.387 e. The number of anilines is 1. The van der Waals surface area contributed by atoms with E-state index in [-0.39, 0.29) is 5.75 Å². The van der Waals surface area contributed by atoms with Gasteiger partial charge in [-0.3, -0.25) is 4.72 Å². The Morgan fingerprint density at radius 3 is 2.32 bits per heavy atom. The summed E-state index contributed by atoms with van der Waals surface area (Å²) in [5.74, 6) is 0.0845. The van der Waals surface area contributed by atoms with E-state index in [0.29, 0.717) is 12.1 Å². The zero-order valence-electron chi connectivity index (χ0n) is 11.8. The molecule has 0 aliphatic rings. The molecule has 0 spiro atoms. The molecular formula is C15H15F2NO3S. The molecule has 0 saturated carbocycles. The number of benzene rings is 2. The molecule has 0 aliphatic heterocycles. The molecule has 118 valence electrons. The SMILES string of the molecule is CS(=O)(=O)Nc1ccccc1Cc1ccc(OC(F)F)cc1. The van der Waals surface area contributed by atoms with Crippen molar-refractivity contribution in [3.63, 3.8) is 0 Å². The van der Waals surface area contributed by atoms with Gasteiger partial charge in [-0.15, -0.1) is 0 Å². The summed E-state index contributed by atoms with van der Waals surface area (Å²) in [4.78, 5) is 0. The minimum Gasteiger partial charge on any atom is -0.435 e. The Balaban J connectivity index is 2.17. The molecule has 0 aliphatic carbocycles. The molecule has 0 radical (unpaired) electrons. The van der Waals surface area contributed by atoms with E-state index in [4.69, 9.17) is 0 Å². The molecule has 0 bridgehead atoms. The predicted octanol–water partition coefficient (Wildman–Crippen LogP) is 3.25. The number of ether oxygens (including phenoxy) is 1. The summed E-state index contributed by atoms with van der Waals surface area (Å²) >= 11 is 0. The third kappa shape index (κ3) is 5.00. The molecule has 2 aromatic rings. The molecule has 0 heterocycles. The second kappa shape index (κ2) is 6.74. The van der Waals surface area contributed by atoms with E-state index in [0.717, 1.165) is 17.4 Å². The van der Waals surface area contributed by atoms with Crippen LogP contribution in [-0.4, -0.2) is 21.3 Å². The molecule has 0 saturated heterocycles. The third-order valence-corrected chi connectivity index (χ3v) is 3.45. The van der Waals surface area contributed by atoms with E-state index >= 15 is 0 Å². The van der Waals surface area contributed by atoms with Crippen molar-refractivity contribution >= 4 is 15.7 Å². The first-order valence-electron chi connectivity index (χ1n) is 6.43. The second-order valence-corrected chi connectivity index (χ2v) is 6.48. The Labute approximate surface area is 127 Å². The van der Waals surface area contributed by atoms with Gasteiger partial charge < -0.3 is 4.74 Å². The van der Waals surface area contributed by atoms with E-state index in [1.807, 2.05) is 0 Å². The third-order valence-electron chi connectivity index (χ3n) is 2.86. The molecule has 0 fully saturated rings. The van der Waals surface area contributed by atoms with Gasteiger partial charge in [-0.1, -0.05) is 30.3 Å². The van der Waals surface area contributed by atoms with Crippen LogP contribution in [0.15, 0.2) is 48.5 Å². The summed E-state index contributed by atoms with van der Waals surface area (Å²) in [6, 6.07) is 13.2. The first-order valence-corrected chi connectivity index (χ1v) is 8.32. The first-order chi connectivity index (χ1) is 10.3. The van der Waals surface area contributed by atoms with E-state index in [1.165, 1.54) is 12.1 Å². The van der Waals surface area contributed by atoms with E-state index in [9.17, 15) is 17.2 Å². The van der Waals surface area contributed by atoms with E-state index in [1.54, 1.807) is 36.4 Å². The number of halogens is 2. The fraction of sp³-hybridized carbons (Fsp3) is 0.200. The molecule has 0 amide bonds. The van der Waals surface area contributed by atoms with Crippen molar-refractivity contribution in [2.75, 3.05) is 11.0 Å². The van der Waals surface area contributed by atoms with Crippen molar-refractivity contribution in [3.8, 4) is 5.75 Å². The summed E-state index contributed by atoms with van der Waals surface area (Å²) in [7, 11) is -3.37. The number of para-hydroxylation sites is 1. The van der Waals surface area contributed by atoms with Crippen molar-refractivity contribution in [1.29, 1.82) is 0 Å². The van der Waals surface area contributed by atoms with Crippen LogP contribution in [0.25, 0.3) is 0 Å². The Kier molecular flexibility index (Phi) is 4.97. The summed E-state index contributed by atoms with van der Waals surface area (Å²) < 4.78 is 53.6. The standard InChI is InChI=1S/C15H15F2NO3S/c1-22(19,20)18-14-5-3-2-4-12(14)10-11-6-8-13(9-7-11)21-15(16)17/h2-9,15,18H,10H2,1H3. The molecule has 2 aromatic carbocycles. The van der Waals surface area contributed by atoms with Crippen molar-refractivity contribution in [1.82, 2.24) is 0 Å². The number of nitrogens with one attached hydrogen (secondary N) is 1. The van der Waals surface area contributed by atoms with Crippen molar-refractivity contribution < 1.29 is 21.9 Å². The highest BCUT2D eigenvalue weighted by Crippen LogP contribution is 2.22. The summed E-state index contributed by atoms with van der Waals surface area (Å²) in [6.07, 6.45) is 1.55. The van der Waals surface area contributed by atoms with E-state index in [2.05, 4.69) is 9.46 Å². The van der Waals surface area contributed by atoms with Crippen molar-refractivity contribution in [2.45, 2.75) is 13.0 Å². The summed E-state index contributed by atoms with van der Waals surface area (Å²) in [6.45, 7) is -2.86. The van der Waals surface area contributed by atoms with Crippen molar-refractivity contribution in [2.24, 2.45) is 0 Å². The molecule has 1 N–H and O–H groups in total. The number of hydrogen-bond acceptors (Lipinski definition) is 3. The van der Waals surface area contributed by atoms with Gasteiger partial charge in [-0.2, -0.15) is 8.78 Å². The van der Waals surface area contributed by atoms with Crippen LogP contribution >= 0.6 is 0 Å². The monoisotopic (exact) mass is 327 g/mol. The molecule has 0 unspecified atom stereocenters. The zero-order chi connectivity index (χ0) is 16.2. The highest BCUT2D eigenvalue weighted by Gasteiger charge is 2.08. The highest BCUT2D eigenvalue weighted by atomic mass is 32.2. The van der Waals surface area contributed by atoms with E-state index < -0.39 is 16.6 Å². The van der Waals surface area contributed by atoms with Gasteiger partial charge in [0.05, 0.1) is 11.9 Å². The van der Waals surface area contributed by atoms with Crippen molar-refractivity contribution in [3.05, 3.63) is 59.7 Å². The van der Waals surface area contributed by atoms with Gasteiger partial charge in [-0.25, -0.2) is 8.42 Å². The molecule has 7 heteroatoms. The second-order valence-electron chi connectivity index (χ2n) is 4.73. The number of alkyl halides is 2. The number of hydrogen-bond donors (Lipinski definition) is 1. The van der Waals surface area contributed by atoms with Crippen LogP contribution in [0.3, 0.4) is 0 Å². The van der Waals surface area contributed by atoms with Gasteiger partial charge in [0.2, 0.25) is 10.0 Å². The van der Waals surface area contributed by atoms with Crippen LogP contribution in [0, 0.1) is 0 Å². The summed E-state index contributed by atoms with van der Waals surface area (Å²) in [5.41, 5.74) is 2.14. The number of sulfonamides is 1. The molecule has 0 atom stereocenters. The minimum atomic E-state index is -3.37. The maximum atomic E-state index is 12.1. The van der Waals surface area contributed by atoms with Crippen LogP contribution < -0.4 is 9.46 Å². The zero-order valence-corrected chi connectivity index (χ0v) is 12.6. The fourth-order valence-electron chi connectivity index (χ4n) is 1.98. The van der Waals surface area contributed by atoms with Gasteiger partial charge in [0.15, 0.2) is 0 Å². The molecule has 2 rings (SSSR count). The Morgan fingerprint density at radius 1 is 1.09 bits per heavy atom. The largest absolute Gasteiger partial charge is 0.435 e. The molecule has 0 aromatic heterocycles. The minimum absolute atomic E-state index is 0.0845. The van der Waals surface area contributed by atoms with Gasteiger partial charge in [-0.05, 0) is 35.7 Å².